The van der Waals surface area contributed by atoms with Crippen molar-refractivity contribution in [2.75, 3.05) is 25.2 Å². The molecule has 28 heavy (non-hydrogen) atoms. The molecule has 1 unspecified atom stereocenters. The number of carbonyl (C=O) groups is 2. The SMILES string of the molecule is COCCCNC(=O)NCc1ccc2c(c1)N(C(=O)c1ccccc1)C(C)C2. The predicted molar refractivity (Wildman–Crippen MR) is 110 cm³/mol. The molecule has 3 amide bonds. The lowest BCUT2D eigenvalue weighted by atomic mass is 10.1. The summed E-state index contributed by atoms with van der Waals surface area (Å²) in [5.74, 6) is 0.00726. The van der Waals surface area contributed by atoms with E-state index in [1.807, 2.05) is 47.4 Å². The van der Waals surface area contributed by atoms with Crippen LogP contribution in [-0.4, -0.2) is 38.2 Å². The summed E-state index contributed by atoms with van der Waals surface area (Å²) < 4.78 is 4.96. The van der Waals surface area contributed by atoms with Gasteiger partial charge in [-0.05, 0) is 49.1 Å². The lowest BCUT2D eigenvalue weighted by Crippen LogP contribution is -2.36. The molecule has 148 valence electrons. The normalized spacial score (nSPS) is 15.2. The zero-order chi connectivity index (χ0) is 19.9. The van der Waals surface area contributed by atoms with Gasteiger partial charge in [-0.25, -0.2) is 4.79 Å². The van der Waals surface area contributed by atoms with Crippen LogP contribution < -0.4 is 15.5 Å². The van der Waals surface area contributed by atoms with Gasteiger partial charge >= 0.3 is 6.03 Å². The standard InChI is InChI=1S/C22H27N3O3/c1-16-13-19-10-9-17(15-24-22(27)23-11-6-12-28-2)14-20(19)25(16)21(26)18-7-4-3-5-8-18/h3-5,7-10,14,16H,6,11-13,15H2,1-2H3,(H2,23,24,27). The Morgan fingerprint density at radius 1 is 1.14 bits per heavy atom. The van der Waals surface area contributed by atoms with Crippen molar-refractivity contribution in [2.24, 2.45) is 0 Å². The molecule has 1 atom stereocenters. The van der Waals surface area contributed by atoms with Gasteiger partial charge in [0.2, 0.25) is 0 Å². The van der Waals surface area contributed by atoms with E-state index < -0.39 is 0 Å². The molecule has 0 saturated carbocycles. The van der Waals surface area contributed by atoms with Gasteiger partial charge in [-0.3, -0.25) is 4.79 Å². The van der Waals surface area contributed by atoms with E-state index in [2.05, 4.69) is 23.6 Å². The van der Waals surface area contributed by atoms with E-state index in [9.17, 15) is 9.59 Å². The van der Waals surface area contributed by atoms with Crippen LogP contribution in [0.3, 0.4) is 0 Å². The second kappa shape index (κ2) is 9.37. The van der Waals surface area contributed by atoms with Gasteiger partial charge in [-0.1, -0.05) is 30.3 Å². The molecule has 0 saturated heterocycles. The number of fused-ring (bicyclic) bond motifs is 1. The number of hydrogen-bond acceptors (Lipinski definition) is 3. The third-order valence-electron chi connectivity index (χ3n) is 4.87. The van der Waals surface area contributed by atoms with Crippen molar-refractivity contribution in [3.05, 3.63) is 65.2 Å². The monoisotopic (exact) mass is 381 g/mol. The summed E-state index contributed by atoms with van der Waals surface area (Å²) in [4.78, 5) is 26.8. The topological polar surface area (TPSA) is 70.7 Å². The third-order valence-corrected chi connectivity index (χ3v) is 4.87. The Morgan fingerprint density at radius 2 is 1.93 bits per heavy atom. The summed E-state index contributed by atoms with van der Waals surface area (Å²) in [6.45, 7) is 3.66. The molecule has 6 nitrogen and oxygen atoms in total. The molecule has 0 aromatic heterocycles. The smallest absolute Gasteiger partial charge is 0.315 e. The minimum atomic E-state index is -0.206. The molecule has 0 fully saturated rings. The van der Waals surface area contributed by atoms with Gasteiger partial charge in [0.25, 0.3) is 5.91 Å². The molecule has 1 aliphatic heterocycles. The van der Waals surface area contributed by atoms with Gasteiger partial charge in [0.1, 0.15) is 0 Å². The Balaban J connectivity index is 1.66. The van der Waals surface area contributed by atoms with Crippen molar-refractivity contribution in [3.63, 3.8) is 0 Å². The predicted octanol–water partition coefficient (Wildman–Crippen LogP) is 3.11. The van der Waals surface area contributed by atoms with Crippen LogP contribution in [0.2, 0.25) is 0 Å². The van der Waals surface area contributed by atoms with Crippen LogP contribution in [-0.2, 0) is 17.7 Å². The maximum Gasteiger partial charge on any atom is 0.315 e. The van der Waals surface area contributed by atoms with Crippen LogP contribution >= 0.6 is 0 Å². The average Bonchev–Trinajstić information content (AvgIpc) is 3.04. The van der Waals surface area contributed by atoms with Crippen LogP contribution in [0.1, 0.15) is 34.8 Å². The lowest BCUT2D eigenvalue weighted by molar-refractivity contribution is 0.0981. The first-order valence-electron chi connectivity index (χ1n) is 9.61. The fraction of sp³-hybridized carbons (Fsp3) is 0.364. The van der Waals surface area contributed by atoms with Gasteiger partial charge in [-0.15, -0.1) is 0 Å². The first kappa shape index (κ1) is 19.9. The number of anilines is 1. The number of amides is 3. The molecule has 0 bridgehead atoms. The quantitative estimate of drug-likeness (QED) is 0.724. The maximum absolute atomic E-state index is 13.0. The number of benzene rings is 2. The molecule has 2 aromatic rings. The van der Waals surface area contributed by atoms with E-state index >= 15 is 0 Å². The number of nitrogens with zero attached hydrogens (tertiary/aromatic N) is 1. The summed E-state index contributed by atoms with van der Waals surface area (Å²) >= 11 is 0. The van der Waals surface area contributed by atoms with Crippen LogP contribution in [0.15, 0.2) is 48.5 Å². The van der Waals surface area contributed by atoms with Crippen molar-refractivity contribution in [3.8, 4) is 0 Å². The second-order valence-corrected chi connectivity index (χ2v) is 7.01. The molecule has 1 heterocycles. The highest BCUT2D eigenvalue weighted by atomic mass is 16.5. The maximum atomic E-state index is 13.0. The Kier molecular flexibility index (Phi) is 6.66. The molecule has 6 heteroatoms. The van der Waals surface area contributed by atoms with Crippen molar-refractivity contribution in [1.29, 1.82) is 0 Å². The Bertz CT molecular complexity index is 823. The van der Waals surface area contributed by atoms with Gasteiger partial charge in [0.15, 0.2) is 0 Å². The Labute approximate surface area is 165 Å². The van der Waals surface area contributed by atoms with E-state index in [1.165, 1.54) is 0 Å². The zero-order valence-corrected chi connectivity index (χ0v) is 16.4. The highest BCUT2D eigenvalue weighted by Crippen LogP contribution is 2.34. The summed E-state index contributed by atoms with van der Waals surface area (Å²) in [5.41, 5.74) is 3.73. The molecule has 3 rings (SSSR count). The van der Waals surface area contributed by atoms with Crippen molar-refractivity contribution >= 4 is 17.6 Å². The molecule has 1 aliphatic rings. The fourth-order valence-electron chi connectivity index (χ4n) is 3.46. The number of ether oxygens (including phenoxy) is 1. The Hall–Kier alpha value is -2.86. The van der Waals surface area contributed by atoms with Gasteiger partial charge in [0.05, 0.1) is 0 Å². The molecule has 0 aliphatic carbocycles. The largest absolute Gasteiger partial charge is 0.385 e. The van der Waals surface area contributed by atoms with E-state index in [4.69, 9.17) is 4.74 Å². The number of nitrogens with one attached hydrogen (secondary N) is 2. The number of hydrogen-bond donors (Lipinski definition) is 2. The van der Waals surface area contributed by atoms with Gasteiger partial charge in [0, 0.05) is 44.1 Å². The third kappa shape index (κ3) is 4.70. The van der Waals surface area contributed by atoms with E-state index in [0.29, 0.717) is 25.3 Å². The minimum absolute atomic E-state index is 0.00726. The lowest BCUT2D eigenvalue weighted by Gasteiger charge is -2.23. The van der Waals surface area contributed by atoms with Crippen molar-refractivity contribution in [1.82, 2.24) is 10.6 Å². The van der Waals surface area contributed by atoms with E-state index in [-0.39, 0.29) is 18.0 Å². The van der Waals surface area contributed by atoms with Crippen LogP contribution in [0.4, 0.5) is 10.5 Å². The van der Waals surface area contributed by atoms with Crippen LogP contribution in [0.25, 0.3) is 0 Å². The summed E-state index contributed by atoms with van der Waals surface area (Å²) in [6.07, 6.45) is 1.61. The van der Waals surface area contributed by atoms with Crippen molar-refractivity contribution < 1.29 is 14.3 Å². The molecule has 0 spiro atoms. The Morgan fingerprint density at radius 3 is 2.68 bits per heavy atom. The van der Waals surface area contributed by atoms with Gasteiger partial charge < -0.3 is 20.3 Å². The first-order valence-corrected chi connectivity index (χ1v) is 9.61. The molecular formula is C22H27N3O3. The highest BCUT2D eigenvalue weighted by molar-refractivity contribution is 6.07. The first-order chi connectivity index (χ1) is 13.6. The molecule has 2 aromatic carbocycles. The zero-order valence-electron chi connectivity index (χ0n) is 16.4. The summed E-state index contributed by atoms with van der Waals surface area (Å²) in [5, 5.41) is 5.66. The number of carbonyl (C=O) groups excluding carboxylic acids is 2. The van der Waals surface area contributed by atoms with E-state index in [0.717, 1.165) is 29.7 Å². The average molecular weight is 381 g/mol. The molecule has 0 radical (unpaired) electrons. The number of rotatable bonds is 7. The molecule has 2 N–H and O–H groups in total. The summed E-state index contributed by atoms with van der Waals surface area (Å²) in [7, 11) is 1.64. The minimum Gasteiger partial charge on any atom is -0.385 e. The fourth-order valence-corrected chi connectivity index (χ4v) is 3.46. The van der Waals surface area contributed by atoms with Crippen LogP contribution in [0, 0.1) is 0 Å². The number of urea groups is 1. The van der Waals surface area contributed by atoms with E-state index in [1.54, 1.807) is 7.11 Å². The highest BCUT2D eigenvalue weighted by Gasteiger charge is 2.31. The van der Waals surface area contributed by atoms with Gasteiger partial charge in [-0.2, -0.15) is 0 Å². The molecular weight excluding hydrogens is 354 g/mol. The van der Waals surface area contributed by atoms with Crippen LogP contribution in [0.5, 0.6) is 0 Å². The number of methoxy groups -OCH3 is 1. The second-order valence-electron chi connectivity index (χ2n) is 7.01. The summed E-state index contributed by atoms with van der Waals surface area (Å²) in [6, 6.07) is 15.3. The van der Waals surface area contributed by atoms with Crippen molar-refractivity contribution in [2.45, 2.75) is 32.4 Å².